The van der Waals surface area contributed by atoms with Gasteiger partial charge in [0.1, 0.15) is 11.6 Å². The second-order valence-electron chi connectivity index (χ2n) is 5.96. The SMILES string of the molecule is Cc1cc(Cl)ccc1OC(C)C(=O)NCc1nc2ccccc2n1C. The number of carbonyl (C=O) groups is 1. The summed E-state index contributed by atoms with van der Waals surface area (Å²) < 4.78 is 7.72. The lowest BCUT2D eigenvalue weighted by Crippen LogP contribution is -2.36. The van der Waals surface area contributed by atoms with Gasteiger partial charge in [-0.15, -0.1) is 0 Å². The van der Waals surface area contributed by atoms with Gasteiger partial charge in [0, 0.05) is 12.1 Å². The number of aryl methyl sites for hydroxylation is 2. The Morgan fingerprint density at radius 2 is 2.08 bits per heavy atom. The maximum atomic E-state index is 12.3. The van der Waals surface area contributed by atoms with Crippen molar-refractivity contribution in [1.29, 1.82) is 0 Å². The average Bonchev–Trinajstić information content (AvgIpc) is 2.91. The normalized spacial score (nSPS) is 12.2. The molecule has 1 aromatic heterocycles. The van der Waals surface area contributed by atoms with Crippen LogP contribution in [0.3, 0.4) is 0 Å². The van der Waals surface area contributed by atoms with Crippen molar-refractivity contribution in [1.82, 2.24) is 14.9 Å². The number of nitrogens with zero attached hydrogens (tertiary/aromatic N) is 2. The van der Waals surface area contributed by atoms with Gasteiger partial charge < -0.3 is 14.6 Å². The molecule has 0 aliphatic rings. The van der Waals surface area contributed by atoms with Crippen LogP contribution in [0.1, 0.15) is 18.3 Å². The van der Waals surface area contributed by atoms with Gasteiger partial charge in [0.05, 0.1) is 17.6 Å². The number of halogens is 1. The lowest BCUT2D eigenvalue weighted by atomic mass is 10.2. The van der Waals surface area contributed by atoms with Crippen LogP contribution in [0, 0.1) is 6.92 Å². The molecule has 1 heterocycles. The largest absolute Gasteiger partial charge is 0.481 e. The molecule has 0 fully saturated rings. The summed E-state index contributed by atoms with van der Waals surface area (Å²) in [6.07, 6.45) is -0.616. The van der Waals surface area contributed by atoms with Crippen molar-refractivity contribution in [3.8, 4) is 5.75 Å². The lowest BCUT2D eigenvalue weighted by Gasteiger charge is -2.16. The van der Waals surface area contributed by atoms with Crippen molar-refractivity contribution in [2.45, 2.75) is 26.5 Å². The van der Waals surface area contributed by atoms with E-state index in [2.05, 4.69) is 10.3 Å². The van der Waals surface area contributed by atoms with Gasteiger partial charge in [-0.25, -0.2) is 4.98 Å². The molecular formula is C19H20ClN3O2. The van der Waals surface area contributed by atoms with Gasteiger partial charge >= 0.3 is 0 Å². The molecule has 3 aromatic rings. The highest BCUT2D eigenvalue weighted by molar-refractivity contribution is 6.30. The second kappa shape index (κ2) is 7.15. The lowest BCUT2D eigenvalue weighted by molar-refractivity contribution is -0.127. The number of hydrogen-bond donors (Lipinski definition) is 1. The number of benzene rings is 2. The Morgan fingerprint density at radius 1 is 1.32 bits per heavy atom. The minimum atomic E-state index is -0.616. The van der Waals surface area contributed by atoms with Gasteiger partial charge in [0.2, 0.25) is 0 Å². The van der Waals surface area contributed by atoms with Crippen molar-refractivity contribution < 1.29 is 9.53 Å². The smallest absolute Gasteiger partial charge is 0.261 e. The van der Waals surface area contributed by atoms with E-state index in [-0.39, 0.29) is 5.91 Å². The first kappa shape index (κ1) is 17.3. The molecule has 0 spiro atoms. The molecule has 1 atom stereocenters. The van der Waals surface area contributed by atoms with E-state index in [4.69, 9.17) is 16.3 Å². The summed E-state index contributed by atoms with van der Waals surface area (Å²) in [6.45, 7) is 3.96. The number of hydrogen-bond acceptors (Lipinski definition) is 3. The molecule has 0 saturated carbocycles. The van der Waals surface area contributed by atoms with E-state index in [1.54, 1.807) is 25.1 Å². The number of amides is 1. The summed E-state index contributed by atoms with van der Waals surface area (Å²) in [5.41, 5.74) is 2.84. The number of nitrogens with one attached hydrogen (secondary N) is 1. The Kier molecular flexibility index (Phi) is 4.95. The molecule has 1 N–H and O–H groups in total. The summed E-state index contributed by atoms with van der Waals surface area (Å²) in [6, 6.07) is 13.2. The van der Waals surface area contributed by atoms with Crippen LogP contribution in [0.5, 0.6) is 5.75 Å². The maximum absolute atomic E-state index is 12.3. The Morgan fingerprint density at radius 3 is 2.80 bits per heavy atom. The van der Waals surface area contributed by atoms with Gasteiger partial charge in [-0.1, -0.05) is 23.7 Å². The fraction of sp³-hybridized carbons (Fsp3) is 0.263. The summed E-state index contributed by atoms with van der Waals surface area (Å²) in [5, 5.41) is 3.52. The molecule has 0 saturated heterocycles. The standard InChI is InChI=1S/C19H20ClN3O2/c1-12-10-14(20)8-9-17(12)25-13(2)19(24)21-11-18-22-15-6-4-5-7-16(15)23(18)3/h4-10,13H,11H2,1-3H3,(H,21,24). The first-order chi connectivity index (χ1) is 12.0. The molecule has 0 aliphatic carbocycles. The fourth-order valence-electron chi connectivity index (χ4n) is 2.65. The van der Waals surface area contributed by atoms with Crippen LogP contribution in [-0.4, -0.2) is 21.6 Å². The molecule has 1 amide bonds. The van der Waals surface area contributed by atoms with Crippen LogP contribution in [0.2, 0.25) is 5.02 Å². The Balaban J connectivity index is 1.64. The molecule has 3 rings (SSSR count). The van der Waals surface area contributed by atoms with E-state index in [0.717, 1.165) is 22.4 Å². The predicted octanol–water partition coefficient (Wildman–Crippen LogP) is 3.62. The Bertz CT molecular complexity index is 920. The van der Waals surface area contributed by atoms with E-state index < -0.39 is 6.10 Å². The number of rotatable bonds is 5. The molecule has 0 aliphatic heterocycles. The van der Waals surface area contributed by atoms with Crippen LogP contribution in [-0.2, 0) is 18.4 Å². The van der Waals surface area contributed by atoms with Crippen LogP contribution >= 0.6 is 11.6 Å². The van der Waals surface area contributed by atoms with Gasteiger partial charge in [-0.2, -0.15) is 0 Å². The zero-order valence-electron chi connectivity index (χ0n) is 14.4. The van der Waals surface area contributed by atoms with Crippen molar-refractivity contribution >= 4 is 28.5 Å². The van der Waals surface area contributed by atoms with Crippen molar-refractivity contribution in [3.63, 3.8) is 0 Å². The number of ether oxygens (including phenoxy) is 1. The second-order valence-corrected chi connectivity index (χ2v) is 6.40. The van der Waals surface area contributed by atoms with E-state index in [1.165, 1.54) is 0 Å². The summed E-state index contributed by atoms with van der Waals surface area (Å²) in [7, 11) is 1.94. The number of para-hydroxylation sites is 2. The highest BCUT2D eigenvalue weighted by Crippen LogP contribution is 2.22. The Labute approximate surface area is 151 Å². The van der Waals surface area contributed by atoms with Crippen molar-refractivity contribution in [2.75, 3.05) is 0 Å². The highest BCUT2D eigenvalue weighted by atomic mass is 35.5. The molecule has 0 bridgehead atoms. The van der Waals surface area contributed by atoms with Gasteiger partial charge in [-0.3, -0.25) is 4.79 Å². The van der Waals surface area contributed by atoms with Gasteiger partial charge in [0.25, 0.3) is 5.91 Å². The van der Waals surface area contributed by atoms with Gasteiger partial charge in [-0.05, 0) is 49.7 Å². The molecule has 1 unspecified atom stereocenters. The Hall–Kier alpha value is -2.53. The average molecular weight is 358 g/mol. The summed E-state index contributed by atoms with van der Waals surface area (Å²) in [4.78, 5) is 16.9. The topological polar surface area (TPSA) is 56.1 Å². The monoisotopic (exact) mass is 357 g/mol. The third-order valence-corrected chi connectivity index (χ3v) is 4.35. The summed E-state index contributed by atoms with van der Waals surface area (Å²) in [5.74, 6) is 1.25. The molecule has 2 aromatic carbocycles. The number of carbonyl (C=O) groups excluding carboxylic acids is 1. The quantitative estimate of drug-likeness (QED) is 0.758. The van der Waals surface area contributed by atoms with Crippen LogP contribution in [0.15, 0.2) is 42.5 Å². The predicted molar refractivity (Wildman–Crippen MR) is 98.8 cm³/mol. The number of aromatic nitrogens is 2. The summed E-state index contributed by atoms with van der Waals surface area (Å²) >= 11 is 5.94. The number of imidazole rings is 1. The molecular weight excluding hydrogens is 338 g/mol. The van der Waals surface area contributed by atoms with Crippen LogP contribution in [0.25, 0.3) is 11.0 Å². The van der Waals surface area contributed by atoms with Gasteiger partial charge in [0.15, 0.2) is 6.10 Å². The zero-order chi connectivity index (χ0) is 18.0. The van der Waals surface area contributed by atoms with Crippen LogP contribution in [0.4, 0.5) is 0 Å². The first-order valence-electron chi connectivity index (χ1n) is 8.06. The zero-order valence-corrected chi connectivity index (χ0v) is 15.2. The highest BCUT2D eigenvalue weighted by Gasteiger charge is 2.17. The third-order valence-electron chi connectivity index (χ3n) is 4.11. The maximum Gasteiger partial charge on any atom is 0.261 e. The molecule has 5 nitrogen and oxygen atoms in total. The van der Waals surface area contributed by atoms with E-state index in [9.17, 15) is 4.79 Å². The molecule has 25 heavy (non-hydrogen) atoms. The minimum Gasteiger partial charge on any atom is -0.481 e. The van der Waals surface area contributed by atoms with E-state index >= 15 is 0 Å². The molecule has 130 valence electrons. The minimum absolute atomic E-state index is 0.193. The van der Waals surface area contributed by atoms with Crippen molar-refractivity contribution in [3.05, 3.63) is 58.9 Å². The van der Waals surface area contributed by atoms with Crippen molar-refractivity contribution in [2.24, 2.45) is 7.05 Å². The number of fused-ring (bicyclic) bond motifs is 1. The molecule has 6 heteroatoms. The first-order valence-corrected chi connectivity index (χ1v) is 8.44. The van der Waals surface area contributed by atoms with E-state index in [0.29, 0.717) is 17.3 Å². The van der Waals surface area contributed by atoms with Crippen LogP contribution < -0.4 is 10.1 Å². The fourth-order valence-corrected chi connectivity index (χ4v) is 2.88. The molecule has 0 radical (unpaired) electrons. The third kappa shape index (κ3) is 3.77. The van der Waals surface area contributed by atoms with E-state index in [1.807, 2.05) is 42.8 Å².